The zero-order chi connectivity index (χ0) is 14.5. The van der Waals surface area contributed by atoms with Crippen molar-refractivity contribution in [3.05, 3.63) is 24.0 Å². The van der Waals surface area contributed by atoms with Crippen LogP contribution in [0.4, 0.5) is 5.69 Å². The molecule has 1 aliphatic carbocycles. The van der Waals surface area contributed by atoms with Crippen LogP contribution in [-0.4, -0.2) is 35.6 Å². The summed E-state index contributed by atoms with van der Waals surface area (Å²) in [4.78, 5) is 26.6. The molecule has 108 valence electrons. The first-order valence-corrected chi connectivity index (χ1v) is 6.76. The number of hydrogen-bond donors (Lipinski definition) is 3. The van der Waals surface area contributed by atoms with Crippen molar-refractivity contribution in [3.63, 3.8) is 0 Å². The number of nitrogens with one attached hydrogen (secondary N) is 2. The number of rotatable bonds is 5. The lowest BCUT2D eigenvalue weighted by atomic mass is 9.96. The highest BCUT2D eigenvalue weighted by Gasteiger charge is 2.32. The molecule has 2 atom stereocenters. The Bertz CT molecular complexity index is 504. The first-order valence-electron chi connectivity index (χ1n) is 6.76. The van der Waals surface area contributed by atoms with E-state index in [0.29, 0.717) is 12.2 Å². The van der Waals surface area contributed by atoms with Crippen LogP contribution in [0, 0.1) is 11.8 Å². The number of carbonyl (C=O) groups excluding carboxylic acids is 1. The quantitative estimate of drug-likeness (QED) is 0.755. The molecule has 6 heteroatoms. The molecule has 6 nitrogen and oxygen atoms in total. The molecule has 1 aromatic rings. The topological polar surface area (TPSA) is 91.3 Å². The molecule has 1 amide bonds. The van der Waals surface area contributed by atoms with Gasteiger partial charge in [-0.15, -0.1) is 0 Å². The zero-order valence-electron chi connectivity index (χ0n) is 11.4. The maximum absolute atomic E-state index is 11.5. The molecule has 2 rings (SSSR count). The normalized spacial score (nSPS) is 21.4. The van der Waals surface area contributed by atoms with Crippen LogP contribution in [0.3, 0.4) is 0 Å². The van der Waals surface area contributed by atoms with Gasteiger partial charge in [0.2, 0.25) is 0 Å². The van der Waals surface area contributed by atoms with E-state index >= 15 is 0 Å². The Morgan fingerprint density at radius 3 is 2.95 bits per heavy atom. The van der Waals surface area contributed by atoms with E-state index in [4.69, 9.17) is 5.11 Å². The molecule has 1 aliphatic rings. The molecule has 1 saturated carbocycles. The van der Waals surface area contributed by atoms with Gasteiger partial charge in [0, 0.05) is 25.5 Å². The third-order valence-corrected chi connectivity index (χ3v) is 3.76. The van der Waals surface area contributed by atoms with Gasteiger partial charge in [0.1, 0.15) is 5.69 Å². The Morgan fingerprint density at radius 1 is 1.45 bits per heavy atom. The standard InChI is InChI=1S/C14H19N3O3/c1-15-13(18)12-7-10(5-6-16-12)17-8-9-3-2-4-11(9)14(19)20/h5-7,9,11H,2-4,8H2,1H3,(H,15,18)(H,16,17)(H,19,20). The molecule has 2 unspecified atom stereocenters. The van der Waals surface area contributed by atoms with Crippen LogP contribution in [0.2, 0.25) is 0 Å². The maximum Gasteiger partial charge on any atom is 0.306 e. The zero-order valence-corrected chi connectivity index (χ0v) is 11.4. The second-order valence-electron chi connectivity index (χ2n) is 5.03. The van der Waals surface area contributed by atoms with E-state index in [9.17, 15) is 9.59 Å². The number of pyridine rings is 1. The minimum absolute atomic E-state index is 0.143. The van der Waals surface area contributed by atoms with Crippen LogP contribution in [0.5, 0.6) is 0 Å². The van der Waals surface area contributed by atoms with Crippen molar-refractivity contribution in [2.75, 3.05) is 18.9 Å². The number of anilines is 1. The van der Waals surface area contributed by atoms with Gasteiger partial charge in [-0.2, -0.15) is 0 Å². The number of carboxylic acids is 1. The van der Waals surface area contributed by atoms with Gasteiger partial charge >= 0.3 is 5.97 Å². The predicted molar refractivity (Wildman–Crippen MR) is 74.6 cm³/mol. The molecule has 0 saturated heterocycles. The van der Waals surface area contributed by atoms with Crippen LogP contribution < -0.4 is 10.6 Å². The van der Waals surface area contributed by atoms with E-state index in [1.54, 1.807) is 25.4 Å². The molecule has 0 aromatic carbocycles. The summed E-state index contributed by atoms with van der Waals surface area (Å²) in [5, 5.41) is 14.9. The number of aliphatic carboxylic acids is 1. The molecule has 20 heavy (non-hydrogen) atoms. The van der Waals surface area contributed by atoms with E-state index in [1.165, 1.54) is 0 Å². The Hall–Kier alpha value is -2.11. The number of nitrogens with zero attached hydrogens (tertiary/aromatic N) is 1. The SMILES string of the molecule is CNC(=O)c1cc(NCC2CCCC2C(=O)O)ccn1. The van der Waals surface area contributed by atoms with Crippen molar-refractivity contribution in [1.82, 2.24) is 10.3 Å². The summed E-state index contributed by atoms with van der Waals surface area (Å²) in [6.07, 6.45) is 4.21. The second kappa shape index (κ2) is 6.36. The van der Waals surface area contributed by atoms with Gasteiger partial charge in [0.05, 0.1) is 5.92 Å². The minimum Gasteiger partial charge on any atom is -0.481 e. The largest absolute Gasteiger partial charge is 0.481 e. The van der Waals surface area contributed by atoms with E-state index in [1.807, 2.05) is 0 Å². The number of hydrogen-bond acceptors (Lipinski definition) is 4. The second-order valence-corrected chi connectivity index (χ2v) is 5.03. The van der Waals surface area contributed by atoms with Crippen LogP contribution in [0.25, 0.3) is 0 Å². The number of carboxylic acid groups (broad SMARTS) is 1. The minimum atomic E-state index is -0.713. The van der Waals surface area contributed by atoms with Gasteiger partial charge in [-0.05, 0) is 30.9 Å². The fourth-order valence-corrected chi connectivity index (χ4v) is 2.65. The highest BCUT2D eigenvalue weighted by atomic mass is 16.4. The Labute approximate surface area is 117 Å². The van der Waals surface area contributed by atoms with Crippen LogP contribution in [0.1, 0.15) is 29.8 Å². The van der Waals surface area contributed by atoms with E-state index in [0.717, 1.165) is 24.9 Å². The summed E-state index contributed by atoms with van der Waals surface area (Å²) in [7, 11) is 1.56. The summed E-state index contributed by atoms with van der Waals surface area (Å²) >= 11 is 0. The third-order valence-electron chi connectivity index (χ3n) is 3.76. The molecule has 0 bridgehead atoms. The first-order chi connectivity index (χ1) is 9.61. The van der Waals surface area contributed by atoms with Gasteiger partial charge < -0.3 is 15.7 Å². The Balaban J connectivity index is 1.97. The molecule has 3 N–H and O–H groups in total. The monoisotopic (exact) mass is 277 g/mol. The van der Waals surface area contributed by atoms with Crippen molar-refractivity contribution in [3.8, 4) is 0 Å². The molecule has 0 aliphatic heterocycles. The summed E-state index contributed by atoms with van der Waals surface area (Å²) in [5.74, 6) is -1.07. The van der Waals surface area contributed by atoms with Crippen molar-refractivity contribution in [2.45, 2.75) is 19.3 Å². The average molecular weight is 277 g/mol. The van der Waals surface area contributed by atoms with Gasteiger partial charge in [0.15, 0.2) is 0 Å². The molecule has 1 aromatic heterocycles. The fraction of sp³-hybridized carbons (Fsp3) is 0.500. The average Bonchev–Trinajstić information content (AvgIpc) is 2.93. The van der Waals surface area contributed by atoms with Gasteiger partial charge in [-0.25, -0.2) is 0 Å². The molecule has 1 heterocycles. The van der Waals surface area contributed by atoms with E-state index in [-0.39, 0.29) is 17.7 Å². The molecule has 1 fully saturated rings. The summed E-state index contributed by atoms with van der Waals surface area (Å²) in [6.45, 7) is 0.605. The molecular weight excluding hydrogens is 258 g/mol. The first kappa shape index (κ1) is 14.3. The van der Waals surface area contributed by atoms with Crippen LogP contribution in [-0.2, 0) is 4.79 Å². The number of amides is 1. The highest BCUT2D eigenvalue weighted by Crippen LogP contribution is 2.32. The summed E-state index contributed by atoms with van der Waals surface area (Å²) in [6, 6.07) is 3.45. The van der Waals surface area contributed by atoms with Crippen molar-refractivity contribution in [1.29, 1.82) is 0 Å². The summed E-state index contributed by atoms with van der Waals surface area (Å²) < 4.78 is 0. The molecule has 0 radical (unpaired) electrons. The molecular formula is C14H19N3O3. The Kier molecular flexibility index (Phi) is 4.55. The lowest BCUT2D eigenvalue weighted by Crippen LogP contribution is -2.24. The van der Waals surface area contributed by atoms with Crippen molar-refractivity contribution >= 4 is 17.6 Å². The number of carbonyl (C=O) groups is 2. The van der Waals surface area contributed by atoms with Crippen LogP contribution in [0.15, 0.2) is 18.3 Å². The van der Waals surface area contributed by atoms with E-state index in [2.05, 4.69) is 15.6 Å². The van der Waals surface area contributed by atoms with Gasteiger partial charge in [-0.3, -0.25) is 14.6 Å². The smallest absolute Gasteiger partial charge is 0.306 e. The van der Waals surface area contributed by atoms with Gasteiger partial charge in [0.25, 0.3) is 5.91 Å². The summed E-state index contributed by atoms with van der Waals surface area (Å²) in [5.41, 5.74) is 1.13. The van der Waals surface area contributed by atoms with Crippen molar-refractivity contribution < 1.29 is 14.7 Å². The van der Waals surface area contributed by atoms with Crippen molar-refractivity contribution in [2.24, 2.45) is 11.8 Å². The highest BCUT2D eigenvalue weighted by molar-refractivity contribution is 5.92. The van der Waals surface area contributed by atoms with Crippen LogP contribution >= 0.6 is 0 Å². The lowest BCUT2D eigenvalue weighted by molar-refractivity contribution is -0.142. The number of aromatic nitrogens is 1. The van der Waals surface area contributed by atoms with Gasteiger partial charge in [-0.1, -0.05) is 6.42 Å². The predicted octanol–water partition coefficient (Wildman–Crippen LogP) is 1.35. The Morgan fingerprint density at radius 2 is 2.25 bits per heavy atom. The lowest BCUT2D eigenvalue weighted by Gasteiger charge is -2.17. The van der Waals surface area contributed by atoms with E-state index < -0.39 is 5.97 Å². The maximum atomic E-state index is 11.5. The fourth-order valence-electron chi connectivity index (χ4n) is 2.65. The molecule has 0 spiro atoms. The third kappa shape index (κ3) is 3.26.